The number of fused-ring (bicyclic) bond motifs is 1. The van der Waals surface area contributed by atoms with Gasteiger partial charge in [-0.25, -0.2) is 8.78 Å². The van der Waals surface area contributed by atoms with Gasteiger partial charge in [0.05, 0.1) is 11.3 Å². The third kappa shape index (κ3) is 2.45. The van der Waals surface area contributed by atoms with E-state index in [1.54, 1.807) is 18.2 Å². The van der Waals surface area contributed by atoms with E-state index < -0.39 is 17.5 Å². The number of carbonyl (C=O) groups excluding carboxylic acids is 1. The molecule has 1 N–H and O–H groups in total. The summed E-state index contributed by atoms with van der Waals surface area (Å²) >= 11 is 0. The summed E-state index contributed by atoms with van der Waals surface area (Å²) in [6.07, 6.45) is 1.39. The molecule has 0 fully saturated rings. The summed E-state index contributed by atoms with van der Waals surface area (Å²) in [5.41, 5.74) is 0.468. The van der Waals surface area contributed by atoms with E-state index >= 15 is 0 Å². The normalized spacial score (nSPS) is 10.6. The summed E-state index contributed by atoms with van der Waals surface area (Å²) in [4.78, 5) is 16.0. The van der Waals surface area contributed by atoms with Gasteiger partial charge in [0.15, 0.2) is 0 Å². The van der Waals surface area contributed by atoms with Crippen molar-refractivity contribution in [3.05, 3.63) is 71.9 Å². The highest BCUT2D eigenvalue weighted by atomic mass is 19.1. The van der Waals surface area contributed by atoms with Crippen molar-refractivity contribution in [1.29, 1.82) is 0 Å². The second-order valence-corrected chi connectivity index (χ2v) is 4.43. The molecule has 0 bridgehead atoms. The first-order chi connectivity index (χ1) is 10.2. The number of benzene rings is 2. The van der Waals surface area contributed by atoms with Gasteiger partial charge in [-0.1, -0.05) is 24.3 Å². The largest absolute Gasteiger partial charge is 0.321 e. The van der Waals surface area contributed by atoms with Gasteiger partial charge >= 0.3 is 0 Å². The van der Waals surface area contributed by atoms with Gasteiger partial charge in [-0.15, -0.1) is 0 Å². The number of aromatic nitrogens is 1. The minimum atomic E-state index is -0.612. The number of halogens is 2. The number of nitrogens with zero attached hydrogens (tertiary/aromatic N) is 1. The van der Waals surface area contributed by atoms with E-state index in [0.29, 0.717) is 11.1 Å². The first-order valence-corrected chi connectivity index (χ1v) is 6.26. The molecule has 5 heteroatoms. The summed E-state index contributed by atoms with van der Waals surface area (Å²) < 4.78 is 27.2. The van der Waals surface area contributed by atoms with E-state index in [1.807, 2.05) is 0 Å². The van der Waals surface area contributed by atoms with Crippen molar-refractivity contribution in [3.8, 4) is 0 Å². The van der Waals surface area contributed by atoms with Crippen LogP contribution in [-0.4, -0.2) is 10.9 Å². The van der Waals surface area contributed by atoms with Crippen LogP contribution in [-0.2, 0) is 0 Å². The quantitative estimate of drug-likeness (QED) is 0.778. The van der Waals surface area contributed by atoms with E-state index in [9.17, 15) is 13.6 Å². The average Bonchev–Trinajstić information content (AvgIpc) is 2.49. The maximum Gasteiger partial charge on any atom is 0.258 e. The van der Waals surface area contributed by atoms with Crippen LogP contribution in [0, 0.1) is 11.6 Å². The third-order valence-electron chi connectivity index (χ3n) is 3.09. The number of nitrogens with one attached hydrogen (secondary N) is 1. The molecule has 0 atom stereocenters. The lowest BCUT2D eigenvalue weighted by atomic mass is 10.1. The third-order valence-corrected chi connectivity index (χ3v) is 3.09. The first-order valence-electron chi connectivity index (χ1n) is 6.26. The van der Waals surface area contributed by atoms with Gasteiger partial charge in [-0.05, 0) is 24.3 Å². The van der Waals surface area contributed by atoms with Gasteiger partial charge < -0.3 is 5.32 Å². The summed E-state index contributed by atoms with van der Waals surface area (Å²) in [5, 5.41) is 3.04. The van der Waals surface area contributed by atoms with Crippen LogP contribution in [0.5, 0.6) is 0 Å². The van der Waals surface area contributed by atoms with Crippen LogP contribution in [0.4, 0.5) is 14.5 Å². The maximum absolute atomic E-state index is 13.7. The zero-order valence-corrected chi connectivity index (χ0v) is 10.8. The SMILES string of the molecule is O=C(Nc1ccnc2c(F)cccc12)c1ccccc1F. The van der Waals surface area contributed by atoms with E-state index in [0.717, 1.165) is 0 Å². The van der Waals surface area contributed by atoms with Crippen molar-refractivity contribution < 1.29 is 13.6 Å². The van der Waals surface area contributed by atoms with Crippen molar-refractivity contribution >= 4 is 22.5 Å². The van der Waals surface area contributed by atoms with E-state index in [1.165, 1.54) is 36.5 Å². The molecular weight excluding hydrogens is 274 g/mol. The number of para-hydroxylation sites is 1. The Morgan fingerprint density at radius 2 is 1.71 bits per heavy atom. The van der Waals surface area contributed by atoms with Gasteiger partial charge in [0.25, 0.3) is 5.91 Å². The van der Waals surface area contributed by atoms with E-state index in [2.05, 4.69) is 10.3 Å². The molecule has 21 heavy (non-hydrogen) atoms. The van der Waals surface area contributed by atoms with Crippen LogP contribution in [0.2, 0.25) is 0 Å². The van der Waals surface area contributed by atoms with Crippen molar-refractivity contribution in [2.45, 2.75) is 0 Å². The van der Waals surface area contributed by atoms with E-state index in [-0.39, 0.29) is 11.1 Å². The predicted molar refractivity (Wildman–Crippen MR) is 76.1 cm³/mol. The number of hydrogen-bond donors (Lipinski definition) is 1. The standard InChI is InChI=1S/C16H10F2N2O/c17-12-6-2-1-4-10(12)16(21)20-14-8-9-19-15-11(14)5-3-7-13(15)18/h1-9H,(H,19,20,21). The molecule has 2 aromatic carbocycles. The second kappa shape index (κ2) is 5.28. The molecule has 0 unspecified atom stereocenters. The Bertz CT molecular complexity index is 833. The molecular formula is C16H10F2N2O. The molecule has 104 valence electrons. The summed E-state index contributed by atoms with van der Waals surface area (Å²) in [5.74, 6) is -1.68. The average molecular weight is 284 g/mol. The van der Waals surface area contributed by atoms with Crippen LogP contribution >= 0.6 is 0 Å². The lowest BCUT2D eigenvalue weighted by Crippen LogP contribution is -2.14. The van der Waals surface area contributed by atoms with Gasteiger partial charge in [0.2, 0.25) is 0 Å². The molecule has 0 spiro atoms. The number of pyridine rings is 1. The fourth-order valence-electron chi connectivity index (χ4n) is 2.08. The fourth-order valence-corrected chi connectivity index (χ4v) is 2.08. The molecule has 0 radical (unpaired) electrons. The first kappa shape index (κ1) is 13.2. The van der Waals surface area contributed by atoms with Crippen LogP contribution < -0.4 is 5.32 Å². The highest BCUT2D eigenvalue weighted by Crippen LogP contribution is 2.24. The van der Waals surface area contributed by atoms with E-state index in [4.69, 9.17) is 0 Å². The number of amides is 1. The molecule has 0 aliphatic heterocycles. The van der Waals surface area contributed by atoms with Crippen molar-refractivity contribution in [2.24, 2.45) is 0 Å². The molecule has 0 aliphatic rings. The summed E-state index contributed by atoms with van der Waals surface area (Å²) in [6.45, 7) is 0. The summed E-state index contributed by atoms with van der Waals surface area (Å²) in [7, 11) is 0. The Hall–Kier alpha value is -2.82. The highest BCUT2D eigenvalue weighted by molar-refractivity contribution is 6.08. The van der Waals surface area contributed by atoms with Crippen LogP contribution in [0.1, 0.15) is 10.4 Å². The molecule has 3 nitrogen and oxygen atoms in total. The van der Waals surface area contributed by atoms with Gasteiger partial charge in [0, 0.05) is 11.6 Å². The minimum Gasteiger partial charge on any atom is -0.321 e. The molecule has 1 heterocycles. The molecule has 0 aliphatic carbocycles. The predicted octanol–water partition coefficient (Wildman–Crippen LogP) is 3.77. The summed E-state index contributed by atoms with van der Waals surface area (Å²) in [6, 6.07) is 11.7. The number of rotatable bonds is 2. The zero-order valence-electron chi connectivity index (χ0n) is 10.8. The number of anilines is 1. The lowest BCUT2D eigenvalue weighted by Gasteiger charge is -2.09. The molecule has 0 saturated heterocycles. The molecule has 3 aromatic rings. The topological polar surface area (TPSA) is 42.0 Å². The monoisotopic (exact) mass is 284 g/mol. The highest BCUT2D eigenvalue weighted by Gasteiger charge is 2.13. The van der Waals surface area contributed by atoms with Gasteiger partial charge in [-0.2, -0.15) is 0 Å². The Balaban J connectivity index is 2.01. The minimum absolute atomic E-state index is 0.0705. The van der Waals surface area contributed by atoms with Crippen LogP contribution in [0.3, 0.4) is 0 Å². The zero-order chi connectivity index (χ0) is 14.8. The number of hydrogen-bond acceptors (Lipinski definition) is 2. The van der Waals surface area contributed by atoms with Gasteiger partial charge in [0.1, 0.15) is 17.2 Å². The maximum atomic E-state index is 13.7. The smallest absolute Gasteiger partial charge is 0.258 e. The Labute approximate surface area is 119 Å². The van der Waals surface area contributed by atoms with Gasteiger partial charge in [-0.3, -0.25) is 9.78 Å². The second-order valence-electron chi connectivity index (χ2n) is 4.43. The van der Waals surface area contributed by atoms with Crippen LogP contribution in [0.15, 0.2) is 54.7 Å². The Morgan fingerprint density at radius 3 is 2.52 bits per heavy atom. The van der Waals surface area contributed by atoms with Crippen LogP contribution in [0.25, 0.3) is 10.9 Å². The molecule has 1 amide bonds. The molecule has 3 rings (SSSR count). The Morgan fingerprint density at radius 1 is 0.952 bits per heavy atom. The number of carbonyl (C=O) groups is 1. The Kier molecular flexibility index (Phi) is 3.31. The lowest BCUT2D eigenvalue weighted by molar-refractivity contribution is 0.102. The van der Waals surface area contributed by atoms with Crippen molar-refractivity contribution in [2.75, 3.05) is 5.32 Å². The van der Waals surface area contributed by atoms with Crippen molar-refractivity contribution in [3.63, 3.8) is 0 Å². The fraction of sp³-hybridized carbons (Fsp3) is 0. The molecule has 1 aromatic heterocycles. The van der Waals surface area contributed by atoms with Crippen molar-refractivity contribution in [1.82, 2.24) is 4.98 Å². The molecule has 0 saturated carbocycles.